The molecule has 0 unspecified atom stereocenters. The van der Waals surface area contributed by atoms with Crippen LogP contribution in [0.15, 0.2) is 23.1 Å². The first kappa shape index (κ1) is 19.8. The highest BCUT2D eigenvalue weighted by molar-refractivity contribution is 7.89. The predicted octanol–water partition coefficient (Wildman–Crippen LogP) is 2.58. The molecule has 2 aromatic rings. The molecule has 0 bridgehead atoms. The van der Waals surface area contributed by atoms with Gasteiger partial charge >= 0.3 is 0 Å². The minimum absolute atomic E-state index is 0.0889. The molecule has 1 amide bonds. The Kier molecular flexibility index (Phi) is 5.04. The van der Waals surface area contributed by atoms with Crippen LogP contribution in [-0.4, -0.2) is 47.4 Å². The van der Waals surface area contributed by atoms with Gasteiger partial charge in [0.15, 0.2) is 0 Å². The van der Waals surface area contributed by atoms with E-state index in [0.717, 1.165) is 12.8 Å². The van der Waals surface area contributed by atoms with Crippen LogP contribution in [0, 0.1) is 6.92 Å². The summed E-state index contributed by atoms with van der Waals surface area (Å²) in [6.45, 7) is 4.74. The van der Waals surface area contributed by atoms with E-state index in [1.165, 1.54) is 8.99 Å². The maximum absolute atomic E-state index is 13.2. The van der Waals surface area contributed by atoms with Crippen LogP contribution in [0.1, 0.15) is 48.7 Å². The summed E-state index contributed by atoms with van der Waals surface area (Å²) in [5.41, 5.74) is 2.54. The molecule has 0 radical (unpaired) electrons. The average molecular weight is 417 g/mol. The van der Waals surface area contributed by atoms with Crippen molar-refractivity contribution in [3.05, 3.63) is 29.5 Å². The first-order chi connectivity index (χ1) is 13.8. The van der Waals surface area contributed by atoms with Crippen molar-refractivity contribution in [3.8, 4) is 11.1 Å². The summed E-state index contributed by atoms with van der Waals surface area (Å²) < 4.78 is 29.1. The quantitative estimate of drug-likeness (QED) is 0.825. The number of nitrogens with zero attached hydrogens (tertiary/aromatic N) is 3. The number of rotatable bonds is 4. The molecule has 1 aromatic carbocycles. The number of hydrogen-bond donors (Lipinski definition) is 1. The molecule has 1 aromatic heterocycles. The van der Waals surface area contributed by atoms with Crippen molar-refractivity contribution in [1.82, 2.24) is 14.1 Å². The Balaban J connectivity index is 1.88. The van der Waals surface area contributed by atoms with E-state index >= 15 is 0 Å². The van der Waals surface area contributed by atoms with Gasteiger partial charge in [0, 0.05) is 31.5 Å². The lowest BCUT2D eigenvalue weighted by atomic mass is 10.0. The van der Waals surface area contributed by atoms with E-state index < -0.39 is 10.0 Å². The van der Waals surface area contributed by atoms with Crippen LogP contribution < -0.4 is 5.32 Å². The van der Waals surface area contributed by atoms with Crippen LogP contribution in [0.2, 0.25) is 0 Å². The zero-order valence-corrected chi connectivity index (χ0v) is 17.4. The number of nitrogens with one attached hydrogen (secondary N) is 1. The minimum atomic E-state index is -3.60. The van der Waals surface area contributed by atoms with E-state index in [1.54, 1.807) is 19.1 Å². The summed E-state index contributed by atoms with van der Waals surface area (Å²) in [5.74, 6) is -0.183. The molecule has 9 heteroatoms. The lowest BCUT2D eigenvalue weighted by Gasteiger charge is -2.18. The molecule has 3 heterocycles. The summed E-state index contributed by atoms with van der Waals surface area (Å²) in [6, 6.07) is 5.22. The van der Waals surface area contributed by atoms with Gasteiger partial charge in [0.2, 0.25) is 21.8 Å². The van der Waals surface area contributed by atoms with Crippen molar-refractivity contribution in [2.75, 3.05) is 18.4 Å². The molecule has 154 valence electrons. The SMILES string of the molecule is CCc1nn2c(c1-c1ccc(C)c(S(=O)(=O)N3CCCC3)c1)NC(=O)CCC2=O. The van der Waals surface area contributed by atoms with Gasteiger partial charge in [-0.15, -0.1) is 0 Å². The Bertz CT molecular complexity index is 1100. The Morgan fingerprint density at radius 1 is 1.14 bits per heavy atom. The summed E-state index contributed by atoms with van der Waals surface area (Å²) in [5, 5.41) is 7.19. The number of aromatic nitrogens is 2. The third-order valence-electron chi connectivity index (χ3n) is 5.51. The van der Waals surface area contributed by atoms with Crippen LogP contribution in [0.5, 0.6) is 0 Å². The van der Waals surface area contributed by atoms with Gasteiger partial charge in [-0.1, -0.05) is 19.1 Å². The van der Waals surface area contributed by atoms with Gasteiger partial charge in [0.05, 0.1) is 10.6 Å². The minimum Gasteiger partial charge on any atom is -0.310 e. The highest BCUT2D eigenvalue weighted by Gasteiger charge is 2.31. The van der Waals surface area contributed by atoms with E-state index in [0.29, 0.717) is 47.7 Å². The number of benzene rings is 1. The predicted molar refractivity (Wildman–Crippen MR) is 108 cm³/mol. The fourth-order valence-electron chi connectivity index (χ4n) is 3.93. The van der Waals surface area contributed by atoms with Gasteiger partial charge in [-0.3, -0.25) is 9.59 Å². The number of carbonyl (C=O) groups is 2. The monoisotopic (exact) mass is 416 g/mol. The van der Waals surface area contributed by atoms with Crippen LogP contribution in [0.3, 0.4) is 0 Å². The molecular formula is C20H24N4O4S. The maximum Gasteiger partial charge on any atom is 0.249 e. The zero-order chi connectivity index (χ0) is 20.8. The third kappa shape index (κ3) is 3.38. The summed E-state index contributed by atoms with van der Waals surface area (Å²) in [6.07, 6.45) is 2.46. The highest BCUT2D eigenvalue weighted by atomic mass is 32.2. The molecule has 8 nitrogen and oxygen atoms in total. The first-order valence-corrected chi connectivity index (χ1v) is 11.3. The summed E-state index contributed by atoms with van der Waals surface area (Å²) in [7, 11) is -3.60. The fourth-order valence-corrected chi connectivity index (χ4v) is 5.70. The van der Waals surface area contributed by atoms with E-state index in [2.05, 4.69) is 10.4 Å². The second-order valence-corrected chi connectivity index (χ2v) is 9.38. The van der Waals surface area contributed by atoms with E-state index in [9.17, 15) is 18.0 Å². The van der Waals surface area contributed by atoms with Gasteiger partial charge < -0.3 is 5.32 Å². The number of fused-ring (bicyclic) bond motifs is 1. The van der Waals surface area contributed by atoms with Gasteiger partial charge in [-0.05, 0) is 43.4 Å². The topological polar surface area (TPSA) is 101 Å². The molecule has 1 fully saturated rings. The average Bonchev–Trinajstić information content (AvgIpc) is 3.32. The number of aryl methyl sites for hydroxylation is 2. The number of carbonyl (C=O) groups excluding carboxylic acids is 2. The van der Waals surface area contributed by atoms with Gasteiger partial charge in [-0.25, -0.2) is 8.42 Å². The smallest absolute Gasteiger partial charge is 0.249 e. The third-order valence-corrected chi connectivity index (χ3v) is 7.55. The standard InChI is InChI=1S/C20H24N4O4S/c1-3-15-19(20-21-17(25)8-9-18(26)24(20)22-15)14-7-6-13(2)16(12-14)29(27,28)23-10-4-5-11-23/h6-7,12H,3-5,8-11H2,1-2H3,(H,21,25). The van der Waals surface area contributed by atoms with Gasteiger partial charge in [0.1, 0.15) is 5.82 Å². The molecule has 29 heavy (non-hydrogen) atoms. The Hall–Kier alpha value is -2.52. The van der Waals surface area contributed by atoms with Crippen LogP contribution in [-0.2, 0) is 21.2 Å². The Morgan fingerprint density at radius 2 is 1.86 bits per heavy atom. The largest absolute Gasteiger partial charge is 0.310 e. The van der Waals surface area contributed by atoms with Crippen molar-refractivity contribution >= 4 is 27.7 Å². The van der Waals surface area contributed by atoms with E-state index in [-0.39, 0.29) is 29.6 Å². The Labute approximate surface area is 169 Å². The lowest BCUT2D eigenvalue weighted by molar-refractivity contribution is -0.116. The van der Waals surface area contributed by atoms with Crippen LogP contribution >= 0.6 is 0 Å². The second kappa shape index (κ2) is 7.38. The molecule has 0 spiro atoms. The molecule has 4 rings (SSSR count). The van der Waals surface area contributed by atoms with Crippen LogP contribution in [0.4, 0.5) is 5.82 Å². The molecule has 0 aliphatic carbocycles. The molecule has 0 saturated carbocycles. The zero-order valence-electron chi connectivity index (χ0n) is 16.6. The number of amides is 1. The highest BCUT2D eigenvalue weighted by Crippen LogP contribution is 2.36. The van der Waals surface area contributed by atoms with Crippen molar-refractivity contribution in [1.29, 1.82) is 0 Å². The lowest BCUT2D eigenvalue weighted by Crippen LogP contribution is -2.28. The Morgan fingerprint density at radius 3 is 2.55 bits per heavy atom. The molecular weight excluding hydrogens is 392 g/mol. The van der Waals surface area contributed by atoms with Crippen molar-refractivity contribution in [3.63, 3.8) is 0 Å². The van der Waals surface area contributed by atoms with Crippen molar-refractivity contribution < 1.29 is 18.0 Å². The molecule has 1 N–H and O–H groups in total. The van der Waals surface area contributed by atoms with E-state index in [4.69, 9.17) is 0 Å². The molecule has 0 atom stereocenters. The van der Waals surface area contributed by atoms with E-state index in [1.807, 2.05) is 13.0 Å². The van der Waals surface area contributed by atoms with Gasteiger partial charge in [0.25, 0.3) is 0 Å². The van der Waals surface area contributed by atoms with Crippen molar-refractivity contribution in [2.24, 2.45) is 0 Å². The maximum atomic E-state index is 13.2. The first-order valence-electron chi connectivity index (χ1n) is 9.89. The normalized spacial score (nSPS) is 17.9. The van der Waals surface area contributed by atoms with Crippen molar-refractivity contribution in [2.45, 2.75) is 50.8 Å². The molecule has 2 aliphatic rings. The molecule has 1 saturated heterocycles. The summed E-state index contributed by atoms with van der Waals surface area (Å²) >= 11 is 0. The fraction of sp³-hybridized carbons (Fsp3) is 0.450. The second-order valence-electron chi connectivity index (χ2n) is 7.47. The number of hydrogen-bond acceptors (Lipinski definition) is 5. The van der Waals surface area contributed by atoms with Gasteiger partial charge in [-0.2, -0.15) is 14.1 Å². The van der Waals surface area contributed by atoms with Crippen LogP contribution in [0.25, 0.3) is 11.1 Å². The molecule has 2 aliphatic heterocycles. The summed E-state index contributed by atoms with van der Waals surface area (Å²) in [4.78, 5) is 24.8. The number of anilines is 1. The number of sulfonamides is 1.